The molecule has 2 aromatic heterocycles. The van der Waals surface area contributed by atoms with E-state index in [0.717, 1.165) is 16.7 Å². The van der Waals surface area contributed by atoms with E-state index in [0.29, 0.717) is 17.7 Å². The third-order valence-corrected chi connectivity index (χ3v) is 6.36. The summed E-state index contributed by atoms with van der Waals surface area (Å²) in [6.45, 7) is 1.44. The van der Waals surface area contributed by atoms with Crippen LogP contribution in [0.25, 0.3) is 5.69 Å². The fourth-order valence-corrected chi connectivity index (χ4v) is 3.83. The summed E-state index contributed by atoms with van der Waals surface area (Å²) in [5.74, 6) is -0.805. The Morgan fingerprint density at radius 2 is 1.76 bits per heavy atom. The number of hydrogen-bond donors (Lipinski definition) is 1. The van der Waals surface area contributed by atoms with Crippen LogP contribution in [0.3, 0.4) is 0 Å². The summed E-state index contributed by atoms with van der Waals surface area (Å²) in [6.07, 6.45) is 1.41. The maximum atomic E-state index is 13.0. The van der Waals surface area contributed by atoms with Crippen LogP contribution in [0.5, 0.6) is 5.88 Å². The average molecular weight is 484 g/mol. The summed E-state index contributed by atoms with van der Waals surface area (Å²) >= 11 is 0. The molecule has 0 spiro atoms. The second kappa shape index (κ2) is 8.39. The standard InChI is InChI=1S/C20H19F3N4O5S/c1-12-17(28)27(14-4-6-15(7-5-14)33(31,32)20(21,22)23)19(30)26(12)11-13-8-9-24-16(10-13)18(29)25(2)3/h4-10,28H,11H2,1-3H3. The fraction of sp³-hybridized carbons (Fsp3) is 0.250. The van der Waals surface area contributed by atoms with Gasteiger partial charge in [-0.3, -0.25) is 14.3 Å². The molecule has 0 fully saturated rings. The first kappa shape index (κ1) is 24.0. The Balaban J connectivity index is 2.00. The Morgan fingerprint density at radius 1 is 1.15 bits per heavy atom. The topological polar surface area (TPSA) is 115 Å². The number of halogens is 3. The minimum Gasteiger partial charge on any atom is -0.493 e. The van der Waals surface area contributed by atoms with Gasteiger partial charge in [-0.15, -0.1) is 0 Å². The molecule has 0 saturated carbocycles. The van der Waals surface area contributed by atoms with Gasteiger partial charge in [-0.25, -0.2) is 17.8 Å². The number of carbonyl (C=O) groups excluding carboxylic acids is 1. The number of hydrogen-bond acceptors (Lipinski definition) is 6. The van der Waals surface area contributed by atoms with Gasteiger partial charge >= 0.3 is 11.2 Å². The largest absolute Gasteiger partial charge is 0.501 e. The van der Waals surface area contributed by atoms with Gasteiger partial charge < -0.3 is 10.0 Å². The number of imidazole rings is 1. The van der Waals surface area contributed by atoms with E-state index in [-0.39, 0.29) is 29.5 Å². The van der Waals surface area contributed by atoms with Crippen LogP contribution < -0.4 is 5.69 Å². The maximum Gasteiger partial charge on any atom is 0.501 e. The highest BCUT2D eigenvalue weighted by Gasteiger charge is 2.46. The number of rotatable bonds is 5. The molecule has 0 radical (unpaired) electrons. The second-order valence-corrected chi connectivity index (χ2v) is 9.25. The molecule has 33 heavy (non-hydrogen) atoms. The summed E-state index contributed by atoms with van der Waals surface area (Å²) in [5, 5.41) is 10.5. The molecule has 0 aliphatic heterocycles. The van der Waals surface area contributed by atoms with E-state index in [2.05, 4.69) is 4.98 Å². The number of benzene rings is 1. The van der Waals surface area contributed by atoms with Crippen molar-refractivity contribution < 1.29 is 31.5 Å². The van der Waals surface area contributed by atoms with Crippen molar-refractivity contribution in [3.63, 3.8) is 0 Å². The first-order chi connectivity index (χ1) is 15.3. The molecule has 0 aliphatic rings. The number of sulfone groups is 1. The molecule has 0 bridgehead atoms. The molecular formula is C20H19F3N4O5S. The lowest BCUT2D eigenvalue weighted by Gasteiger charge is -2.10. The quantitative estimate of drug-likeness (QED) is 0.593. The van der Waals surface area contributed by atoms with Crippen molar-refractivity contribution >= 4 is 15.7 Å². The molecular weight excluding hydrogens is 465 g/mol. The van der Waals surface area contributed by atoms with Gasteiger partial charge in [-0.2, -0.15) is 13.2 Å². The average Bonchev–Trinajstić information content (AvgIpc) is 2.95. The minimum atomic E-state index is -5.55. The van der Waals surface area contributed by atoms with Gasteiger partial charge in [0, 0.05) is 20.3 Å². The number of pyridine rings is 1. The van der Waals surface area contributed by atoms with E-state index in [4.69, 9.17) is 0 Å². The van der Waals surface area contributed by atoms with Crippen LogP contribution in [0.4, 0.5) is 13.2 Å². The molecule has 1 N–H and O–H groups in total. The monoisotopic (exact) mass is 484 g/mol. The molecule has 3 aromatic rings. The molecule has 176 valence electrons. The van der Waals surface area contributed by atoms with Crippen LogP contribution in [0.15, 0.2) is 52.3 Å². The second-order valence-electron chi connectivity index (χ2n) is 7.31. The van der Waals surface area contributed by atoms with Gasteiger partial charge in [0.1, 0.15) is 5.69 Å². The number of nitrogens with zero attached hydrogens (tertiary/aromatic N) is 4. The van der Waals surface area contributed by atoms with Gasteiger partial charge in [0.05, 0.1) is 22.8 Å². The summed E-state index contributed by atoms with van der Waals surface area (Å²) < 4.78 is 63.3. The third kappa shape index (κ3) is 4.35. The highest BCUT2D eigenvalue weighted by atomic mass is 32.2. The smallest absolute Gasteiger partial charge is 0.493 e. The van der Waals surface area contributed by atoms with E-state index in [1.54, 1.807) is 20.2 Å². The molecule has 0 aliphatic carbocycles. The van der Waals surface area contributed by atoms with Crippen molar-refractivity contribution in [3.8, 4) is 11.6 Å². The van der Waals surface area contributed by atoms with Crippen molar-refractivity contribution in [3.05, 3.63) is 70.0 Å². The summed E-state index contributed by atoms with van der Waals surface area (Å²) in [6, 6.07) is 6.48. The lowest BCUT2D eigenvalue weighted by molar-refractivity contribution is -0.0436. The zero-order chi connectivity index (χ0) is 24.7. The van der Waals surface area contributed by atoms with Crippen LogP contribution in [-0.4, -0.2) is 58.1 Å². The van der Waals surface area contributed by atoms with Gasteiger partial charge in [0.15, 0.2) is 0 Å². The first-order valence-electron chi connectivity index (χ1n) is 9.35. The summed E-state index contributed by atoms with van der Waals surface area (Å²) in [4.78, 5) is 29.4. The van der Waals surface area contributed by atoms with Gasteiger partial charge in [-0.1, -0.05) is 0 Å². The Hall–Kier alpha value is -3.61. The minimum absolute atomic E-state index is 0.0258. The Bertz CT molecular complexity index is 1370. The van der Waals surface area contributed by atoms with Crippen molar-refractivity contribution in [2.45, 2.75) is 23.9 Å². The first-order valence-corrected chi connectivity index (χ1v) is 10.8. The number of alkyl halides is 3. The molecule has 9 nitrogen and oxygen atoms in total. The number of amides is 1. The zero-order valence-electron chi connectivity index (χ0n) is 17.7. The molecule has 3 rings (SSSR count). The van der Waals surface area contributed by atoms with Crippen molar-refractivity contribution in [1.29, 1.82) is 0 Å². The number of aromatic hydroxyl groups is 1. The predicted octanol–water partition coefficient (Wildman–Crippen LogP) is 2.09. The summed E-state index contributed by atoms with van der Waals surface area (Å²) in [5.41, 5.74) is -5.35. The highest BCUT2D eigenvalue weighted by Crippen LogP contribution is 2.31. The number of carbonyl (C=O) groups is 1. The van der Waals surface area contributed by atoms with E-state index >= 15 is 0 Å². The SMILES string of the molecule is Cc1c(O)n(-c2ccc(S(=O)(=O)C(F)(F)F)cc2)c(=O)n1Cc1ccnc(C(=O)N(C)C)c1. The molecule has 0 saturated heterocycles. The van der Waals surface area contributed by atoms with Crippen LogP contribution in [-0.2, 0) is 16.4 Å². The molecule has 13 heteroatoms. The van der Waals surface area contributed by atoms with Gasteiger partial charge in [0.25, 0.3) is 15.7 Å². The summed E-state index contributed by atoms with van der Waals surface area (Å²) in [7, 11) is -2.42. The number of aromatic nitrogens is 3. The van der Waals surface area contributed by atoms with E-state index in [1.807, 2.05) is 0 Å². The Kier molecular flexibility index (Phi) is 6.11. The van der Waals surface area contributed by atoms with Crippen molar-refractivity contribution in [1.82, 2.24) is 19.0 Å². The predicted molar refractivity (Wildman–Crippen MR) is 111 cm³/mol. The molecule has 1 aromatic carbocycles. The normalized spacial score (nSPS) is 12.1. The lowest BCUT2D eigenvalue weighted by Crippen LogP contribution is -2.25. The van der Waals surface area contributed by atoms with E-state index < -0.39 is 31.8 Å². The Labute approximate surface area is 186 Å². The fourth-order valence-electron chi connectivity index (χ4n) is 3.07. The van der Waals surface area contributed by atoms with Crippen LogP contribution in [0, 0.1) is 6.92 Å². The van der Waals surface area contributed by atoms with Crippen molar-refractivity contribution in [2.24, 2.45) is 0 Å². The van der Waals surface area contributed by atoms with Gasteiger partial charge in [0.2, 0.25) is 5.88 Å². The molecule has 0 atom stereocenters. The van der Waals surface area contributed by atoms with E-state index in [1.165, 1.54) is 28.7 Å². The maximum absolute atomic E-state index is 13.0. The zero-order valence-corrected chi connectivity index (χ0v) is 18.5. The van der Waals surface area contributed by atoms with E-state index in [9.17, 15) is 36.3 Å². The molecule has 0 unspecified atom stereocenters. The lowest BCUT2D eigenvalue weighted by atomic mass is 10.2. The van der Waals surface area contributed by atoms with Crippen LogP contribution >= 0.6 is 0 Å². The third-order valence-electron chi connectivity index (χ3n) is 4.86. The van der Waals surface area contributed by atoms with Crippen molar-refractivity contribution in [2.75, 3.05) is 14.1 Å². The molecule has 2 heterocycles. The van der Waals surface area contributed by atoms with Crippen LogP contribution in [0.1, 0.15) is 21.7 Å². The van der Waals surface area contributed by atoms with Crippen LogP contribution in [0.2, 0.25) is 0 Å². The molecule has 1 amide bonds. The Morgan fingerprint density at radius 3 is 2.30 bits per heavy atom. The van der Waals surface area contributed by atoms with Gasteiger partial charge in [-0.05, 0) is 48.9 Å². The highest BCUT2D eigenvalue weighted by molar-refractivity contribution is 7.92.